The van der Waals surface area contributed by atoms with Crippen molar-refractivity contribution in [1.82, 2.24) is 14.6 Å². The maximum absolute atomic E-state index is 13.4. The Kier molecular flexibility index (Phi) is 8.82. The normalized spacial score (nSPS) is 11.9. The SMILES string of the molecule is CC[C@H](C(=O)NCCC(C)C)N(Cc1ccccc1Cl)C(=O)c1snc(C(N)=O)c1N. The minimum atomic E-state index is -0.816. The summed E-state index contributed by atoms with van der Waals surface area (Å²) in [5, 5.41) is 3.38. The van der Waals surface area contributed by atoms with Crippen molar-refractivity contribution >= 4 is 46.5 Å². The quantitative estimate of drug-likeness (QED) is 0.496. The molecule has 0 aliphatic rings. The highest BCUT2D eigenvalue weighted by Crippen LogP contribution is 2.27. The Bertz CT molecular complexity index is 947. The Hall–Kier alpha value is -2.65. The van der Waals surface area contributed by atoms with Gasteiger partial charge in [0.25, 0.3) is 11.8 Å². The highest BCUT2D eigenvalue weighted by molar-refractivity contribution is 7.09. The maximum Gasteiger partial charge on any atom is 0.270 e. The van der Waals surface area contributed by atoms with Gasteiger partial charge < -0.3 is 21.7 Å². The molecule has 0 unspecified atom stereocenters. The Morgan fingerprint density at radius 2 is 1.94 bits per heavy atom. The molecule has 0 bridgehead atoms. The van der Waals surface area contributed by atoms with Crippen LogP contribution in [0.15, 0.2) is 24.3 Å². The van der Waals surface area contributed by atoms with E-state index < -0.39 is 17.9 Å². The molecule has 2 rings (SSSR count). The number of nitrogens with zero attached hydrogens (tertiary/aromatic N) is 2. The number of benzene rings is 1. The van der Waals surface area contributed by atoms with Crippen molar-refractivity contribution in [3.8, 4) is 0 Å². The molecule has 1 heterocycles. The highest BCUT2D eigenvalue weighted by atomic mass is 35.5. The summed E-state index contributed by atoms with van der Waals surface area (Å²) >= 11 is 7.09. The molecule has 0 radical (unpaired) electrons. The predicted octanol–water partition coefficient (Wildman–Crippen LogP) is 3.06. The van der Waals surface area contributed by atoms with Crippen LogP contribution in [0.4, 0.5) is 5.69 Å². The number of hydrogen-bond donors (Lipinski definition) is 3. The van der Waals surface area contributed by atoms with Crippen LogP contribution in [0.1, 0.15) is 59.3 Å². The molecule has 0 fully saturated rings. The van der Waals surface area contributed by atoms with E-state index in [0.717, 1.165) is 18.0 Å². The average Bonchev–Trinajstić information content (AvgIpc) is 3.10. The minimum Gasteiger partial charge on any atom is -0.395 e. The molecule has 1 aromatic carbocycles. The van der Waals surface area contributed by atoms with E-state index in [2.05, 4.69) is 23.5 Å². The topological polar surface area (TPSA) is 131 Å². The van der Waals surface area contributed by atoms with Crippen molar-refractivity contribution in [1.29, 1.82) is 0 Å². The molecule has 31 heavy (non-hydrogen) atoms. The van der Waals surface area contributed by atoms with Crippen LogP contribution in [-0.4, -0.2) is 39.6 Å². The molecule has 2 aromatic rings. The third-order valence-corrected chi connectivity index (χ3v) is 6.02. The van der Waals surface area contributed by atoms with Crippen molar-refractivity contribution in [2.45, 2.75) is 46.2 Å². The summed E-state index contributed by atoms with van der Waals surface area (Å²) in [6.07, 6.45) is 1.20. The smallest absolute Gasteiger partial charge is 0.270 e. The number of nitrogen functional groups attached to an aromatic ring is 1. The number of carbonyl (C=O) groups excluding carboxylic acids is 3. The number of rotatable bonds is 10. The lowest BCUT2D eigenvalue weighted by Gasteiger charge is -2.30. The standard InChI is InChI=1S/C21H28ClN5O3S/c1-4-15(20(29)25-10-9-12(2)3)27(11-13-7-5-6-8-14(13)22)21(30)18-16(23)17(19(24)28)26-31-18/h5-8,12,15H,4,9-11,23H2,1-3H3,(H2,24,28)(H,25,29)/t15-/m1/s1. The third kappa shape index (κ3) is 6.18. The fourth-order valence-electron chi connectivity index (χ4n) is 3.04. The molecule has 0 aliphatic carbocycles. The van der Waals surface area contributed by atoms with Crippen molar-refractivity contribution in [3.63, 3.8) is 0 Å². The van der Waals surface area contributed by atoms with Gasteiger partial charge in [0.2, 0.25) is 5.91 Å². The summed E-state index contributed by atoms with van der Waals surface area (Å²) in [6, 6.07) is 6.34. The van der Waals surface area contributed by atoms with Gasteiger partial charge in [0.05, 0.1) is 5.69 Å². The zero-order chi connectivity index (χ0) is 23.1. The molecule has 10 heteroatoms. The molecule has 8 nitrogen and oxygen atoms in total. The van der Waals surface area contributed by atoms with E-state index in [9.17, 15) is 14.4 Å². The monoisotopic (exact) mass is 465 g/mol. The average molecular weight is 466 g/mol. The molecule has 0 spiro atoms. The number of nitrogens with two attached hydrogens (primary N) is 2. The maximum atomic E-state index is 13.4. The molecule has 1 aromatic heterocycles. The Morgan fingerprint density at radius 1 is 1.26 bits per heavy atom. The van der Waals surface area contributed by atoms with E-state index in [1.165, 1.54) is 4.90 Å². The lowest BCUT2D eigenvalue weighted by molar-refractivity contribution is -0.126. The number of aromatic nitrogens is 1. The molecule has 1 atom stereocenters. The van der Waals surface area contributed by atoms with Gasteiger partial charge in [-0.3, -0.25) is 14.4 Å². The van der Waals surface area contributed by atoms with Crippen molar-refractivity contribution in [2.24, 2.45) is 11.7 Å². The van der Waals surface area contributed by atoms with Gasteiger partial charge in [0.1, 0.15) is 10.9 Å². The number of anilines is 1. The van der Waals surface area contributed by atoms with E-state index >= 15 is 0 Å². The molecular weight excluding hydrogens is 438 g/mol. The Morgan fingerprint density at radius 3 is 2.48 bits per heavy atom. The van der Waals surface area contributed by atoms with Crippen LogP contribution in [0.5, 0.6) is 0 Å². The zero-order valence-electron chi connectivity index (χ0n) is 17.9. The molecule has 5 N–H and O–H groups in total. The summed E-state index contributed by atoms with van der Waals surface area (Å²) in [4.78, 5) is 39.4. The first kappa shape index (κ1) is 24.6. The summed E-state index contributed by atoms with van der Waals surface area (Å²) in [5.41, 5.74) is 11.7. The van der Waals surface area contributed by atoms with Crippen LogP contribution in [0.25, 0.3) is 0 Å². The van der Waals surface area contributed by atoms with Crippen LogP contribution in [-0.2, 0) is 11.3 Å². The fraction of sp³-hybridized carbons (Fsp3) is 0.429. The third-order valence-electron chi connectivity index (χ3n) is 4.80. The zero-order valence-corrected chi connectivity index (χ0v) is 19.4. The van der Waals surface area contributed by atoms with Gasteiger partial charge in [-0.15, -0.1) is 0 Å². The van der Waals surface area contributed by atoms with Gasteiger partial charge in [0, 0.05) is 18.1 Å². The second-order valence-electron chi connectivity index (χ2n) is 7.56. The predicted molar refractivity (Wildman–Crippen MR) is 123 cm³/mol. The van der Waals surface area contributed by atoms with E-state index in [4.69, 9.17) is 23.1 Å². The highest BCUT2D eigenvalue weighted by Gasteiger charge is 2.33. The minimum absolute atomic E-state index is 0.0642. The lowest BCUT2D eigenvalue weighted by Crippen LogP contribution is -2.49. The van der Waals surface area contributed by atoms with Crippen LogP contribution in [0, 0.1) is 5.92 Å². The second kappa shape index (κ2) is 11.1. The molecule has 3 amide bonds. The summed E-state index contributed by atoms with van der Waals surface area (Å²) in [6.45, 7) is 6.57. The number of amides is 3. The molecule has 0 saturated carbocycles. The van der Waals surface area contributed by atoms with Crippen LogP contribution in [0.3, 0.4) is 0 Å². The van der Waals surface area contributed by atoms with Crippen LogP contribution >= 0.6 is 23.1 Å². The summed E-state index contributed by atoms with van der Waals surface area (Å²) in [5.74, 6) is -1.15. The van der Waals surface area contributed by atoms with E-state index in [0.29, 0.717) is 29.5 Å². The number of hydrogen-bond acceptors (Lipinski definition) is 6. The van der Waals surface area contributed by atoms with E-state index in [-0.39, 0.29) is 28.7 Å². The van der Waals surface area contributed by atoms with E-state index in [1.54, 1.807) is 24.3 Å². The van der Waals surface area contributed by atoms with Crippen LogP contribution < -0.4 is 16.8 Å². The van der Waals surface area contributed by atoms with Gasteiger partial charge in [-0.25, -0.2) is 0 Å². The molecular formula is C21H28ClN5O3S. The first-order valence-electron chi connectivity index (χ1n) is 10.0. The van der Waals surface area contributed by atoms with Crippen molar-refractivity contribution in [2.75, 3.05) is 12.3 Å². The summed E-state index contributed by atoms with van der Waals surface area (Å²) < 4.78 is 3.91. The van der Waals surface area contributed by atoms with Gasteiger partial charge in [0.15, 0.2) is 5.69 Å². The number of carbonyl (C=O) groups is 3. The molecule has 0 aliphatic heterocycles. The Balaban J connectivity index is 2.39. The fourth-order valence-corrected chi connectivity index (χ4v) is 4.00. The Labute approximate surface area is 191 Å². The van der Waals surface area contributed by atoms with Gasteiger partial charge in [-0.1, -0.05) is 50.6 Å². The van der Waals surface area contributed by atoms with Crippen LogP contribution in [0.2, 0.25) is 5.02 Å². The van der Waals surface area contributed by atoms with Crippen molar-refractivity contribution in [3.05, 3.63) is 45.4 Å². The van der Waals surface area contributed by atoms with Gasteiger partial charge in [-0.05, 0) is 41.9 Å². The summed E-state index contributed by atoms with van der Waals surface area (Å²) in [7, 11) is 0. The number of halogens is 1. The molecule has 0 saturated heterocycles. The lowest BCUT2D eigenvalue weighted by atomic mass is 10.1. The van der Waals surface area contributed by atoms with Gasteiger partial charge >= 0.3 is 0 Å². The first-order valence-corrected chi connectivity index (χ1v) is 11.2. The molecule has 168 valence electrons. The van der Waals surface area contributed by atoms with E-state index in [1.807, 2.05) is 6.92 Å². The number of primary amides is 1. The number of nitrogens with one attached hydrogen (secondary N) is 1. The van der Waals surface area contributed by atoms with Crippen molar-refractivity contribution < 1.29 is 14.4 Å². The largest absolute Gasteiger partial charge is 0.395 e. The first-order chi connectivity index (χ1) is 14.7. The van der Waals surface area contributed by atoms with Gasteiger partial charge in [-0.2, -0.15) is 4.37 Å². The second-order valence-corrected chi connectivity index (χ2v) is 8.74.